The molecule has 1 N–H and O–H groups in total. The number of aryl methyl sites for hydroxylation is 1. The van der Waals surface area contributed by atoms with Gasteiger partial charge < -0.3 is 5.32 Å². The first kappa shape index (κ1) is 14.2. The normalized spacial score (nSPS) is 13.2. The van der Waals surface area contributed by atoms with Crippen LogP contribution in [-0.4, -0.2) is 10.9 Å². The van der Waals surface area contributed by atoms with Crippen LogP contribution in [-0.2, 0) is 4.79 Å². The van der Waals surface area contributed by atoms with E-state index in [2.05, 4.69) is 16.4 Å². The van der Waals surface area contributed by atoms with E-state index in [9.17, 15) is 10.1 Å². The van der Waals surface area contributed by atoms with Gasteiger partial charge in [0.25, 0.3) is 0 Å². The summed E-state index contributed by atoms with van der Waals surface area (Å²) in [7, 11) is 0. The molecule has 102 valence electrons. The van der Waals surface area contributed by atoms with E-state index in [-0.39, 0.29) is 11.9 Å². The topological polar surface area (TPSA) is 65.8 Å². The summed E-state index contributed by atoms with van der Waals surface area (Å²) in [6.07, 6.45) is 1.78. The summed E-state index contributed by atoms with van der Waals surface area (Å²) in [6, 6.07) is 10.9. The van der Waals surface area contributed by atoms with Gasteiger partial charge in [-0.15, -0.1) is 11.3 Å². The van der Waals surface area contributed by atoms with Crippen molar-refractivity contribution in [2.45, 2.75) is 25.8 Å². The molecule has 0 bridgehead atoms. The van der Waals surface area contributed by atoms with Crippen LogP contribution in [0.4, 0.5) is 0 Å². The number of benzene rings is 1. The molecule has 0 radical (unpaired) electrons. The van der Waals surface area contributed by atoms with Crippen LogP contribution < -0.4 is 5.32 Å². The highest BCUT2D eigenvalue weighted by atomic mass is 32.1. The Bertz CT molecular complexity index is 630. The van der Waals surface area contributed by atoms with Gasteiger partial charge in [-0.1, -0.05) is 30.3 Å². The van der Waals surface area contributed by atoms with Crippen LogP contribution in [0.25, 0.3) is 0 Å². The lowest BCUT2D eigenvalue weighted by Crippen LogP contribution is -2.31. The lowest BCUT2D eigenvalue weighted by molar-refractivity contribution is -0.122. The molecule has 0 fully saturated rings. The summed E-state index contributed by atoms with van der Waals surface area (Å²) >= 11 is 1.54. The summed E-state index contributed by atoms with van der Waals surface area (Å²) in [5.74, 6) is -1.08. The summed E-state index contributed by atoms with van der Waals surface area (Å²) in [4.78, 5) is 17.6. The van der Waals surface area contributed by atoms with Crippen molar-refractivity contribution in [1.82, 2.24) is 10.3 Å². The van der Waals surface area contributed by atoms with Crippen LogP contribution in [0.2, 0.25) is 0 Å². The molecule has 1 aromatic carbocycles. The second-order valence-corrected chi connectivity index (χ2v) is 5.78. The van der Waals surface area contributed by atoms with Crippen LogP contribution >= 0.6 is 11.3 Å². The number of hydrogen-bond donors (Lipinski definition) is 1. The van der Waals surface area contributed by atoms with Gasteiger partial charge in [0.1, 0.15) is 10.9 Å². The van der Waals surface area contributed by atoms with Crippen molar-refractivity contribution in [3.63, 3.8) is 0 Å². The van der Waals surface area contributed by atoms with Crippen LogP contribution in [0.15, 0.2) is 36.5 Å². The second kappa shape index (κ2) is 6.31. The summed E-state index contributed by atoms with van der Waals surface area (Å²) < 4.78 is 0. The van der Waals surface area contributed by atoms with E-state index in [0.717, 1.165) is 9.88 Å². The van der Waals surface area contributed by atoms with E-state index >= 15 is 0 Å². The van der Waals surface area contributed by atoms with Crippen molar-refractivity contribution in [1.29, 1.82) is 5.26 Å². The smallest absolute Gasteiger partial charge is 0.242 e. The van der Waals surface area contributed by atoms with E-state index in [1.54, 1.807) is 29.7 Å². The number of nitrogens with zero attached hydrogens (tertiary/aromatic N) is 2. The van der Waals surface area contributed by atoms with Crippen molar-refractivity contribution in [3.05, 3.63) is 52.0 Å². The highest BCUT2D eigenvalue weighted by Crippen LogP contribution is 2.21. The molecule has 0 aliphatic carbocycles. The monoisotopic (exact) mass is 285 g/mol. The minimum Gasteiger partial charge on any atom is -0.346 e. The minimum absolute atomic E-state index is 0.194. The lowest BCUT2D eigenvalue weighted by atomic mass is 9.99. The summed E-state index contributed by atoms with van der Waals surface area (Å²) in [5.41, 5.74) is 0.704. The van der Waals surface area contributed by atoms with Crippen LogP contribution in [0.1, 0.15) is 34.3 Å². The quantitative estimate of drug-likeness (QED) is 0.939. The molecule has 2 atom stereocenters. The Morgan fingerprint density at radius 3 is 2.65 bits per heavy atom. The first-order valence-corrected chi connectivity index (χ1v) is 7.10. The molecule has 0 saturated carbocycles. The molecule has 0 spiro atoms. The molecule has 0 aliphatic heterocycles. The Kier molecular flexibility index (Phi) is 4.49. The van der Waals surface area contributed by atoms with Crippen LogP contribution in [0.3, 0.4) is 0 Å². The summed E-state index contributed by atoms with van der Waals surface area (Å²) in [6.45, 7) is 3.84. The highest BCUT2D eigenvalue weighted by Gasteiger charge is 2.22. The number of nitriles is 1. The predicted molar refractivity (Wildman–Crippen MR) is 78.2 cm³/mol. The zero-order valence-corrected chi connectivity index (χ0v) is 12.1. The number of nitrogens with one attached hydrogen (secondary N) is 1. The molecule has 4 nitrogen and oxygen atoms in total. The van der Waals surface area contributed by atoms with E-state index < -0.39 is 5.92 Å². The molecule has 2 aromatic rings. The van der Waals surface area contributed by atoms with Crippen molar-refractivity contribution >= 4 is 17.2 Å². The number of carbonyl (C=O) groups excluding carboxylic acids is 1. The fourth-order valence-electron chi connectivity index (χ4n) is 1.86. The zero-order valence-electron chi connectivity index (χ0n) is 11.3. The Labute approximate surface area is 122 Å². The molecular weight excluding hydrogens is 270 g/mol. The van der Waals surface area contributed by atoms with Crippen LogP contribution in [0.5, 0.6) is 0 Å². The lowest BCUT2D eigenvalue weighted by Gasteiger charge is -2.14. The maximum atomic E-state index is 12.2. The van der Waals surface area contributed by atoms with Gasteiger partial charge in [-0.25, -0.2) is 4.98 Å². The number of thiazole rings is 1. The Hall–Kier alpha value is -2.19. The molecule has 1 aromatic heterocycles. The van der Waals surface area contributed by atoms with Gasteiger partial charge >= 0.3 is 0 Å². The molecule has 0 saturated heterocycles. The van der Waals surface area contributed by atoms with E-state index in [1.807, 2.05) is 32.0 Å². The molecule has 5 heteroatoms. The first-order valence-electron chi connectivity index (χ1n) is 6.29. The third-order valence-corrected chi connectivity index (χ3v) is 3.99. The number of hydrogen-bond acceptors (Lipinski definition) is 4. The largest absolute Gasteiger partial charge is 0.346 e. The average Bonchev–Trinajstić information content (AvgIpc) is 2.87. The average molecular weight is 285 g/mol. The number of carbonyl (C=O) groups is 1. The highest BCUT2D eigenvalue weighted by molar-refractivity contribution is 7.11. The first-order chi connectivity index (χ1) is 9.61. The summed E-state index contributed by atoms with van der Waals surface area (Å²) in [5, 5.41) is 12.9. The number of amides is 1. The van der Waals surface area contributed by atoms with Gasteiger partial charge in [0.05, 0.1) is 12.1 Å². The van der Waals surface area contributed by atoms with E-state index in [0.29, 0.717) is 5.56 Å². The zero-order chi connectivity index (χ0) is 14.5. The fourth-order valence-corrected chi connectivity index (χ4v) is 2.64. The van der Waals surface area contributed by atoms with Crippen molar-refractivity contribution < 1.29 is 4.79 Å². The number of aromatic nitrogens is 1. The third-order valence-electron chi connectivity index (χ3n) is 2.89. The fraction of sp³-hybridized carbons (Fsp3) is 0.267. The maximum Gasteiger partial charge on any atom is 0.242 e. The molecule has 2 rings (SSSR count). The van der Waals surface area contributed by atoms with Gasteiger partial charge in [0.15, 0.2) is 0 Å². The van der Waals surface area contributed by atoms with E-state index in [4.69, 9.17) is 0 Å². The second-order valence-electron chi connectivity index (χ2n) is 4.51. The Morgan fingerprint density at radius 2 is 2.10 bits per heavy atom. The molecule has 2 unspecified atom stereocenters. The molecule has 1 amide bonds. The Balaban J connectivity index is 2.09. The standard InChI is InChI=1S/C15H15N3OS/c1-10-9-17-15(20-10)11(2)18-14(19)13(8-16)12-6-4-3-5-7-12/h3-7,9,11,13H,1-2H3,(H,18,19). The van der Waals surface area contributed by atoms with Gasteiger partial charge in [-0.2, -0.15) is 5.26 Å². The van der Waals surface area contributed by atoms with Gasteiger partial charge in [0, 0.05) is 11.1 Å². The van der Waals surface area contributed by atoms with Crippen LogP contribution in [0, 0.1) is 18.3 Å². The Morgan fingerprint density at radius 1 is 1.40 bits per heavy atom. The van der Waals surface area contributed by atoms with Crippen molar-refractivity contribution in [3.8, 4) is 6.07 Å². The van der Waals surface area contributed by atoms with E-state index in [1.165, 1.54) is 0 Å². The maximum absolute atomic E-state index is 12.2. The minimum atomic E-state index is -0.792. The van der Waals surface area contributed by atoms with Gasteiger partial charge in [-0.05, 0) is 19.4 Å². The predicted octanol–water partition coefficient (Wildman–Crippen LogP) is 2.94. The molecule has 20 heavy (non-hydrogen) atoms. The van der Waals surface area contributed by atoms with Gasteiger partial charge in [0.2, 0.25) is 5.91 Å². The van der Waals surface area contributed by atoms with Crippen molar-refractivity contribution in [2.24, 2.45) is 0 Å². The number of rotatable bonds is 4. The third kappa shape index (κ3) is 3.22. The SMILES string of the molecule is Cc1cnc(C(C)NC(=O)C(C#N)c2ccccc2)s1. The molecule has 0 aliphatic rings. The van der Waals surface area contributed by atoms with Crippen molar-refractivity contribution in [2.75, 3.05) is 0 Å². The van der Waals surface area contributed by atoms with Gasteiger partial charge in [-0.3, -0.25) is 4.79 Å². The molecular formula is C15H15N3OS. The molecule has 1 heterocycles.